The highest BCUT2D eigenvalue weighted by molar-refractivity contribution is 7.98. The first kappa shape index (κ1) is 11.7. The number of oxazole rings is 1. The predicted molar refractivity (Wildman–Crippen MR) is 74.1 cm³/mol. The van der Waals surface area contributed by atoms with Crippen molar-refractivity contribution in [2.75, 3.05) is 5.73 Å². The van der Waals surface area contributed by atoms with Crippen molar-refractivity contribution >= 4 is 28.5 Å². The van der Waals surface area contributed by atoms with Gasteiger partial charge in [-0.05, 0) is 35.4 Å². The third-order valence-corrected chi connectivity index (χ3v) is 4.09. The lowest BCUT2D eigenvalue weighted by atomic mass is 10.3. The summed E-state index contributed by atoms with van der Waals surface area (Å²) in [7, 11) is 0. The molecule has 102 valence electrons. The van der Waals surface area contributed by atoms with Crippen molar-refractivity contribution in [1.82, 2.24) is 25.2 Å². The van der Waals surface area contributed by atoms with Crippen molar-refractivity contribution in [2.45, 2.75) is 29.8 Å². The molecule has 0 radical (unpaired) electrons. The summed E-state index contributed by atoms with van der Waals surface area (Å²) in [5.41, 5.74) is 7.92. The molecule has 1 aromatic carbocycles. The Balaban J connectivity index is 1.55. The van der Waals surface area contributed by atoms with E-state index >= 15 is 0 Å². The van der Waals surface area contributed by atoms with Gasteiger partial charge in [0, 0.05) is 0 Å². The number of hydrogen-bond acceptors (Lipinski definition) is 7. The van der Waals surface area contributed by atoms with E-state index in [0.29, 0.717) is 34.5 Å². The molecule has 1 aliphatic rings. The minimum atomic E-state index is 0.465. The van der Waals surface area contributed by atoms with Crippen LogP contribution in [0.15, 0.2) is 27.8 Å². The van der Waals surface area contributed by atoms with Crippen molar-refractivity contribution < 1.29 is 4.42 Å². The van der Waals surface area contributed by atoms with Crippen LogP contribution in [0.25, 0.3) is 11.1 Å². The average Bonchev–Trinajstić information content (AvgIpc) is 3.02. The van der Waals surface area contributed by atoms with Crippen molar-refractivity contribution in [3.8, 4) is 0 Å². The standard InChI is InChI=1S/C12H12N6OS/c13-8-2-1-3-9-11(8)14-10(19-9)6-20-12-15-16-17-18(12)7-4-5-7/h1-3,7H,4-6,13H2. The van der Waals surface area contributed by atoms with Crippen LogP contribution in [0.1, 0.15) is 24.8 Å². The summed E-state index contributed by atoms with van der Waals surface area (Å²) in [6.45, 7) is 0. The molecule has 1 fully saturated rings. The van der Waals surface area contributed by atoms with Crippen LogP contribution >= 0.6 is 11.8 Å². The van der Waals surface area contributed by atoms with Crippen LogP contribution in [0.2, 0.25) is 0 Å². The first-order valence-corrected chi connectivity index (χ1v) is 7.34. The molecule has 0 amide bonds. The smallest absolute Gasteiger partial charge is 0.210 e. The Kier molecular flexibility index (Phi) is 2.62. The summed E-state index contributed by atoms with van der Waals surface area (Å²) >= 11 is 1.53. The second kappa shape index (κ2) is 4.48. The number of nitrogen functional groups attached to an aromatic ring is 1. The van der Waals surface area contributed by atoms with E-state index in [-0.39, 0.29) is 0 Å². The molecule has 1 aliphatic carbocycles. The maximum atomic E-state index is 5.87. The second-order valence-electron chi connectivity index (χ2n) is 4.73. The highest BCUT2D eigenvalue weighted by Gasteiger charge is 2.28. The van der Waals surface area contributed by atoms with E-state index in [9.17, 15) is 0 Å². The van der Waals surface area contributed by atoms with Crippen LogP contribution in [0.5, 0.6) is 0 Å². The van der Waals surface area contributed by atoms with Gasteiger partial charge in [0.1, 0.15) is 5.52 Å². The Morgan fingerprint density at radius 2 is 2.30 bits per heavy atom. The fourth-order valence-electron chi connectivity index (χ4n) is 2.03. The maximum Gasteiger partial charge on any atom is 0.210 e. The Morgan fingerprint density at radius 1 is 1.40 bits per heavy atom. The molecule has 8 heteroatoms. The number of nitrogens with two attached hydrogens (primary N) is 1. The molecule has 0 unspecified atom stereocenters. The van der Waals surface area contributed by atoms with E-state index in [0.717, 1.165) is 18.0 Å². The molecule has 2 aromatic heterocycles. The molecular formula is C12H12N6OS. The molecule has 1 saturated carbocycles. The number of anilines is 1. The zero-order valence-corrected chi connectivity index (χ0v) is 11.4. The van der Waals surface area contributed by atoms with E-state index in [4.69, 9.17) is 10.2 Å². The minimum Gasteiger partial charge on any atom is -0.440 e. The van der Waals surface area contributed by atoms with E-state index in [1.54, 1.807) is 0 Å². The van der Waals surface area contributed by atoms with Crippen molar-refractivity contribution in [3.63, 3.8) is 0 Å². The Labute approximate surface area is 118 Å². The first-order valence-electron chi connectivity index (χ1n) is 6.36. The van der Waals surface area contributed by atoms with Crippen LogP contribution in [-0.2, 0) is 5.75 Å². The molecule has 0 spiro atoms. The van der Waals surface area contributed by atoms with E-state index in [2.05, 4.69) is 20.5 Å². The number of tetrazole rings is 1. The predicted octanol–water partition coefficient (Wildman–Crippen LogP) is 2.02. The SMILES string of the molecule is Nc1cccc2oc(CSc3nnnn3C3CC3)nc12. The highest BCUT2D eigenvalue weighted by atomic mass is 32.2. The first-order chi connectivity index (χ1) is 9.81. The van der Waals surface area contributed by atoms with Gasteiger partial charge in [0.15, 0.2) is 5.58 Å². The molecule has 7 nitrogen and oxygen atoms in total. The number of benzene rings is 1. The maximum absolute atomic E-state index is 5.87. The van der Waals surface area contributed by atoms with Crippen molar-refractivity contribution in [3.05, 3.63) is 24.1 Å². The van der Waals surface area contributed by atoms with Gasteiger partial charge in [-0.3, -0.25) is 0 Å². The molecule has 0 atom stereocenters. The van der Waals surface area contributed by atoms with Crippen molar-refractivity contribution in [2.24, 2.45) is 0 Å². The van der Waals surface area contributed by atoms with Gasteiger partial charge in [0.2, 0.25) is 11.0 Å². The number of hydrogen-bond donors (Lipinski definition) is 1. The normalized spacial score (nSPS) is 15.0. The zero-order valence-electron chi connectivity index (χ0n) is 10.6. The summed E-state index contributed by atoms with van der Waals surface area (Å²) < 4.78 is 7.55. The number of nitrogens with zero attached hydrogens (tertiary/aromatic N) is 5. The summed E-state index contributed by atoms with van der Waals surface area (Å²) in [4.78, 5) is 4.41. The van der Waals surface area contributed by atoms with Gasteiger partial charge >= 0.3 is 0 Å². The summed E-state index contributed by atoms with van der Waals surface area (Å²) in [6, 6.07) is 6.00. The average molecular weight is 288 g/mol. The third-order valence-electron chi connectivity index (χ3n) is 3.17. The summed E-state index contributed by atoms with van der Waals surface area (Å²) in [5.74, 6) is 1.22. The van der Waals surface area contributed by atoms with E-state index in [1.165, 1.54) is 11.8 Å². The Hall–Kier alpha value is -2.09. The number of aromatic nitrogens is 5. The van der Waals surface area contributed by atoms with Crippen LogP contribution in [0.4, 0.5) is 5.69 Å². The minimum absolute atomic E-state index is 0.465. The van der Waals surface area contributed by atoms with Gasteiger partial charge in [0.05, 0.1) is 17.5 Å². The molecular weight excluding hydrogens is 276 g/mol. The topological polar surface area (TPSA) is 95.6 Å². The van der Waals surface area contributed by atoms with Gasteiger partial charge in [-0.15, -0.1) is 5.10 Å². The number of thioether (sulfide) groups is 1. The van der Waals surface area contributed by atoms with E-state index < -0.39 is 0 Å². The monoisotopic (exact) mass is 288 g/mol. The van der Waals surface area contributed by atoms with Gasteiger partial charge in [-0.25, -0.2) is 9.67 Å². The fourth-order valence-corrected chi connectivity index (χ4v) is 2.82. The Morgan fingerprint density at radius 3 is 3.10 bits per heavy atom. The van der Waals surface area contributed by atoms with Gasteiger partial charge in [-0.1, -0.05) is 17.8 Å². The molecule has 0 bridgehead atoms. The molecule has 4 rings (SSSR count). The van der Waals surface area contributed by atoms with Crippen LogP contribution in [0.3, 0.4) is 0 Å². The second-order valence-corrected chi connectivity index (χ2v) is 5.67. The number of rotatable bonds is 4. The van der Waals surface area contributed by atoms with Gasteiger partial charge in [-0.2, -0.15) is 0 Å². The zero-order chi connectivity index (χ0) is 13.5. The largest absolute Gasteiger partial charge is 0.440 e. The van der Waals surface area contributed by atoms with Gasteiger partial charge in [0.25, 0.3) is 0 Å². The van der Waals surface area contributed by atoms with Crippen LogP contribution in [0, 0.1) is 0 Å². The number of para-hydroxylation sites is 1. The Bertz CT molecular complexity index is 762. The number of fused-ring (bicyclic) bond motifs is 1. The molecule has 0 aliphatic heterocycles. The lowest BCUT2D eigenvalue weighted by molar-refractivity contribution is 0.551. The lowest BCUT2D eigenvalue weighted by Crippen LogP contribution is -1.98. The molecule has 20 heavy (non-hydrogen) atoms. The molecule has 0 saturated heterocycles. The molecule has 2 N–H and O–H groups in total. The molecule has 3 aromatic rings. The van der Waals surface area contributed by atoms with E-state index in [1.807, 2.05) is 22.9 Å². The summed E-state index contributed by atoms with van der Waals surface area (Å²) in [5, 5.41) is 12.6. The van der Waals surface area contributed by atoms with Crippen LogP contribution in [-0.4, -0.2) is 25.2 Å². The molecule has 2 heterocycles. The van der Waals surface area contributed by atoms with Crippen LogP contribution < -0.4 is 5.73 Å². The van der Waals surface area contributed by atoms with Gasteiger partial charge < -0.3 is 10.2 Å². The fraction of sp³-hybridized carbons (Fsp3) is 0.333. The highest BCUT2D eigenvalue weighted by Crippen LogP contribution is 2.37. The quantitative estimate of drug-likeness (QED) is 0.579. The summed E-state index contributed by atoms with van der Waals surface area (Å²) in [6.07, 6.45) is 2.30. The lowest BCUT2D eigenvalue weighted by Gasteiger charge is -1.99. The third kappa shape index (κ3) is 2.01. The van der Waals surface area contributed by atoms with Crippen molar-refractivity contribution in [1.29, 1.82) is 0 Å².